The molecule has 0 aliphatic carbocycles. The Morgan fingerprint density at radius 2 is 1.61 bits per heavy atom. The number of ether oxygens (including phenoxy) is 1. The maximum Gasteiger partial charge on any atom is 0.101 e. The van der Waals surface area contributed by atoms with Gasteiger partial charge in [0.2, 0.25) is 0 Å². The Kier molecular flexibility index (Phi) is 5.68. The number of benzene rings is 2. The number of hydrogen-bond acceptors (Lipinski definition) is 2. The summed E-state index contributed by atoms with van der Waals surface area (Å²) in [6.07, 6.45) is -0.537. The Morgan fingerprint density at radius 1 is 0.957 bits per heavy atom. The van der Waals surface area contributed by atoms with Crippen molar-refractivity contribution < 1.29 is 14.7 Å². The molecule has 23 heavy (non-hydrogen) atoms. The molecule has 1 heterocycles. The molecule has 4 heteroatoms. The summed E-state index contributed by atoms with van der Waals surface area (Å²) in [6, 6.07) is 17.8. The zero-order chi connectivity index (χ0) is 16.1. The molecule has 122 valence electrons. The highest BCUT2D eigenvalue weighted by Gasteiger charge is 2.28. The molecule has 0 amide bonds. The molecule has 1 aliphatic rings. The lowest BCUT2D eigenvalue weighted by molar-refractivity contribution is -0.909. The van der Waals surface area contributed by atoms with Gasteiger partial charge in [-0.1, -0.05) is 54.1 Å². The first-order valence-electron chi connectivity index (χ1n) is 8.14. The van der Waals surface area contributed by atoms with Crippen LogP contribution in [0.15, 0.2) is 54.6 Å². The van der Waals surface area contributed by atoms with Gasteiger partial charge in [-0.25, -0.2) is 0 Å². The summed E-state index contributed by atoms with van der Waals surface area (Å²) in [5.74, 6) is 0.0606. The molecule has 0 saturated carbocycles. The van der Waals surface area contributed by atoms with Gasteiger partial charge in [0.1, 0.15) is 13.1 Å². The van der Waals surface area contributed by atoms with Crippen molar-refractivity contribution >= 4 is 11.6 Å². The average molecular weight is 333 g/mol. The third kappa shape index (κ3) is 4.33. The van der Waals surface area contributed by atoms with E-state index in [0.717, 1.165) is 38.4 Å². The number of aliphatic hydroxyl groups is 1. The lowest BCUT2D eigenvalue weighted by Gasteiger charge is -2.30. The zero-order valence-corrected chi connectivity index (χ0v) is 13.9. The summed E-state index contributed by atoms with van der Waals surface area (Å²) in [4.78, 5) is 1.48. The number of morpholine rings is 1. The minimum absolute atomic E-state index is 0.0606. The Morgan fingerprint density at radius 3 is 2.26 bits per heavy atom. The van der Waals surface area contributed by atoms with Crippen molar-refractivity contribution in [1.82, 2.24) is 0 Å². The molecule has 3 nitrogen and oxygen atoms in total. The van der Waals surface area contributed by atoms with Crippen LogP contribution in [-0.4, -0.2) is 38.0 Å². The van der Waals surface area contributed by atoms with Gasteiger partial charge in [0.25, 0.3) is 0 Å². The first-order chi connectivity index (χ1) is 11.2. The van der Waals surface area contributed by atoms with E-state index in [4.69, 9.17) is 16.3 Å². The van der Waals surface area contributed by atoms with E-state index < -0.39 is 6.10 Å². The van der Waals surface area contributed by atoms with Crippen molar-refractivity contribution in [3.8, 4) is 0 Å². The molecule has 0 radical (unpaired) electrons. The first kappa shape index (κ1) is 16.5. The molecule has 1 aliphatic heterocycles. The summed E-state index contributed by atoms with van der Waals surface area (Å²) in [7, 11) is 0. The van der Waals surface area contributed by atoms with Crippen LogP contribution in [0.4, 0.5) is 0 Å². The fraction of sp³-hybridized carbons (Fsp3) is 0.368. The van der Waals surface area contributed by atoms with Crippen LogP contribution >= 0.6 is 11.6 Å². The largest absolute Gasteiger partial charge is 0.388 e. The smallest absolute Gasteiger partial charge is 0.101 e. The molecule has 1 fully saturated rings. The summed E-state index contributed by atoms with van der Waals surface area (Å²) in [5, 5.41) is 11.7. The normalized spacial score (nSPS) is 18.5. The molecule has 0 spiro atoms. The fourth-order valence-electron chi connectivity index (χ4n) is 3.18. The Bertz CT molecular complexity index is 597. The summed E-state index contributed by atoms with van der Waals surface area (Å²) in [6.45, 7) is 4.49. The Labute approximate surface area is 142 Å². The highest BCUT2D eigenvalue weighted by Crippen LogP contribution is 2.30. The SMILES string of the molecule is O[C@H](c1ccc(Cl)cc1)[C@H](C[NH+]1CCOCC1)c1ccccc1. The van der Waals surface area contributed by atoms with Crippen molar-refractivity contribution in [3.63, 3.8) is 0 Å². The molecule has 0 unspecified atom stereocenters. The van der Waals surface area contributed by atoms with Gasteiger partial charge in [-0.15, -0.1) is 0 Å². The van der Waals surface area contributed by atoms with Gasteiger partial charge in [-0.2, -0.15) is 0 Å². The van der Waals surface area contributed by atoms with E-state index in [2.05, 4.69) is 12.1 Å². The van der Waals surface area contributed by atoms with Crippen LogP contribution in [0.25, 0.3) is 0 Å². The highest BCUT2D eigenvalue weighted by molar-refractivity contribution is 6.30. The zero-order valence-electron chi connectivity index (χ0n) is 13.1. The molecule has 0 aromatic heterocycles. The molecule has 2 aromatic rings. The Hall–Kier alpha value is -1.39. The van der Waals surface area contributed by atoms with E-state index in [9.17, 15) is 5.11 Å². The second-order valence-electron chi connectivity index (χ2n) is 6.08. The van der Waals surface area contributed by atoms with E-state index in [1.165, 1.54) is 10.5 Å². The van der Waals surface area contributed by atoms with Crippen LogP contribution in [0.1, 0.15) is 23.1 Å². The number of quaternary nitrogens is 1. The van der Waals surface area contributed by atoms with E-state index in [-0.39, 0.29) is 5.92 Å². The van der Waals surface area contributed by atoms with Crippen molar-refractivity contribution in [2.24, 2.45) is 0 Å². The van der Waals surface area contributed by atoms with E-state index in [1.807, 2.05) is 42.5 Å². The second kappa shape index (κ2) is 7.93. The van der Waals surface area contributed by atoms with Gasteiger partial charge >= 0.3 is 0 Å². The standard InChI is InChI=1S/C19H22ClNO2/c20-17-8-6-16(7-9-17)19(22)18(15-4-2-1-3-5-15)14-21-10-12-23-13-11-21/h1-9,18-19,22H,10-14H2/p+1/t18-,19-/m1/s1. The summed E-state index contributed by atoms with van der Waals surface area (Å²) in [5.41, 5.74) is 2.09. The van der Waals surface area contributed by atoms with Gasteiger partial charge in [0.05, 0.1) is 31.8 Å². The fourth-order valence-corrected chi connectivity index (χ4v) is 3.31. The number of rotatable bonds is 5. The van der Waals surface area contributed by atoms with Crippen LogP contribution in [-0.2, 0) is 4.74 Å². The number of aliphatic hydroxyl groups excluding tert-OH is 1. The number of halogens is 1. The molecule has 0 bridgehead atoms. The van der Waals surface area contributed by atoms with Crippen molar-refractivity contribution in [3.05, 3.63) is 70.7 Å². The minimum Gasteiger partial charge on any atom is -0.388 e. The summed E-state index contributed by atoms with van der Waals surface area (Å²) >= 11 is 5.97. The molecule has 2 atom stereocenters. The van der Waals surface area contributed by atoms with E-state index in [0.29, 0.717) is 5.02 Å². The molecular weight excluding hydrogens is 310 g/mol. The maximum atomic E-state index is 11.0. The predicted octanol–water partition coefficient (Wildman–Crippen LogP) is 2.07. The van der Waals surface area contributed by atoms with Crippen molar-refractivity contribution in [2.45, 2.75) is 12.0 Å². The molecular formula is C19H23ClNO2+. The van der Waals surface area contributed by atoms with Gasteiger partial charge < -0.3 is 14.7 Å². The predicted molar refractivity (Wildman–Crippen MR) is 92.0 cm³/mol. The van der Waals surface area contributed by atoms with Crippen molar-refractivity contribution in [2.75, 3.05) is 32.8 Å². The number of nitrogens with one attached hydrogen (secondary N) is 1. The lowest BCUT2D eigenvalue weighted by Crippen LogP contribution is -3.14. The third-order valence-corrected chi connectivity index (χ3v) is 4.78. The molecule has 2 N–H and O–H groups in total. The van der Waals surface area contributed by atoms with Crippen LogP contribution < -0.4 is 4.90 Å². The topological polar surface area (TPSA) is 33.9 Å². The quantitative estimate of drug-likeness (QED) is 0.879. The van der Waals surface area contributed by atoms with Gasteiger partial charge in [-0.05, 0) is 23.3 Å². The van der Waals surface area contributed by atoms with E-state index >= 15 is 0 Å². The van der Waals surface area contributed by atoms with Crippen LogP contribution in [0.3, 0.4) is 0 Å². The minimum atomic E-state index is -0.537. The lowest BCUT2D eigenvalue weighted by atomic mass is 9.88. The molecule has 2 aromatic carbocycles. The maximum absolute atomic E-state index is 11.0. The van der Waals surface area contributed by atoms with Crippen LogP contribution in [0, 0.1) is 0 Å². The molecule has 1 saturated heterocycles. The molecule has 3 rings (SSSR count). The first-order valence-corrected chi connectivity index (χ1v) is 8.51. The van der Waals surface area contributed by atoms with Crippen molar-refractivity contribution in [1.29, 1.82) is 0 Å². The second-order valence-corrected chi connectivity index (χ2v) is 6.52. The summed E-state index contributed by atoms with van der Waals surface area (Å²) < 4.78 is 5.45. The highest BCUT2D eigenvalue weighted by atomic mass is 35.5. The third-order valence-electron chi connectivity index (χ3n) is 4.53. The van der Waals surface area contributed by atoms with Gasteiger partial charge in [-0.3, -0.25) is 0 Å². The van der Waals surface area contributed by atoms with Gasteiger partial charge in [0.15, 0.2) is 0 Å². The van der Waals surface area contributed by atoms with Crippen LogP contribution in [0.2, 0.25) is 5.02 Å². The average Bonchev–Trinajstić information content (AvgIpc) is 2.61. The Balaban J connectivity index is 1.83. The van der Waals surface area contributed by atoms with Crippen LogP contribution in [0.5, 0.6) is 0 Å². The van der Waals surface area contributed by atoms with Gasteiger partial charge in [0, 0.05) is 5.02 Å². The monoisotopic (exact) mass is 332 g/mol. The number of hydrogen-bond donors (Lipinski definition) is 2. The van der Waals surface area contributed by atoms with E-state index in [1.54, 1.807) is 0 Å².